The first-order valence-electron chi connectivity index (χ1n) is 8.40. The predicted octanol–water partition coefficient (Wildman–Crippen LogP) is 2.24. The van der Waals surface area contributed by atoms with Crippen LogP contribution in [0.15, 0.2) is 23.5 Å². The van der Waals surface area contributed by atoms with Crippen LogP contribution in [-0.2, 0) is 23.1 Å². The quantitative estimate of drug-likeness (QED) is 0.300. The Morgan fingerprint density at radius 1 is 1.33 bits per heavy atom. The molecule has 0 aromatic carbocycles. The van der Waals surface area contributed by atoms with Gasteiger partial charge in [0.05, 0.1) is 6.10 Å². The molecule has 0 atom stereocenters. The van der Waals surface area contributed by atoms with Crippen LogP contribution >= 0.6 is 24.0 Å². The highest BCUT2D eigenvalue weighted by Crippen LogP contribution is 2.14. The topological polar surface area (TPSA) is 51.0 Å². The van der Waals surface area contributed by atoms with Gasteiger partial charge >= 0.3 is 0 Å². The van der Waals surface area contributed by atoms with Gasteiger partial charge in [-0.2, -0.15) is 0 Å². The molecule has 1 N–H and O–H groups in total. The van der Waals surface area contributed by atoms with E-state index < -0.39 is 0 Å². The maximum Gasteiger partial charge on any atom is 0.193 e. The van der Waals surface area contributed by atoms with Gasteiger partial charge in [-0.05, 0) is 30.9 Å². The molecule has 0 saturated carbocycles. The van der Waals surface area contributed by atoms with Crippen molar-refractivity contribution >= 4 is 29.9 Å². The van der Waals surface area contributed by atoms with Crippen LogP contribution in [0.1, 0.15) is 24.8 Å². The molecule has 0 bridgehead atoms. The number of piperidine rings is 1. The largest absolute Gasteiger partial charge is 0.385 e. The SMILES string of the molecule is CN=C(NCc1ccn(C)c1)N1CCC(OCCCOC)CC1.I. The molecule has 24 heavy (non-hydrogen) atoms. The Balaban J connectivity index is 0.00000288. The van der Waals surface area contributed by atoms with E-state index in [9.17, 15) is 0 Å². The average molecular weight is 450 g/mol. The number of hydrogen-bond acceptors (Lipinski definition) is 3. The van der Waals surface area contributed by atoms with Crippen molar-refractivity contribution in [2.75, 3.05) is 40.5 Å². The predicted molar refractivity (Wildman–Crippen MR) is 108 cm³/mol. The summed E-state index contributed by atoms with van der Waals surface area (Å²) in [7, 11) is 5.61. The number of halogens is 1. The number of aliphatic imine (C=N–C) groups is 1. The summed E-state index contributed by atoms with van der Waals surface area (Å²) in [6.45, 7) is 4.35. The van der Waals surface area contributed by atoms with E-state index in [-0.39, 0.29) is 24.0 Å². The summed E-state index contributed by atoms with van der Waals surface area (Å²) in [5.41, 5.74) is 1.27. The summed E-state index contributed by atoms with van der Waals surface area (Å²) >= 11 is 0. The van der Waals surface area contributed by atoms with Crippen molar-refractivity contribution in [2.24, 2.45) is 12.0 Å². The lowest BCUT2D eigenvalue weighted by Crippen LogP contribution is -2.46. The molecule has 1 aliphatic rings. The van der Waals surface area contributed by atoms with Crippen molar-refractivity contribution < 1.29 is 9.47 Å². The number of nitrogens with zero attached hydrogens (tertiary/aromatic N) is 3. The van der Waals surface area contributed by atoms with Crippen molar-refractivity contribution in [3.8, 4) is 0 Å². The third-order valence-electron chi connectivity index (χ3n) is 4.14. The molecule has 0 amide bonds. The molecule has 138 valence electrons. The normalized spacial score (nSPS) is 16.1. The zero-order valence-corrected chi connectivity index (χ0v) is 17.4. The molecule has 6 nitrogen and oxygen atoms in total. The highest BCUT2D eigenvalue weighted by atomic mass is 127. The lowest BCUT2D eigenvalue weighted by molar-refractivity contribution is 0.00989. The summed E-state index contributed by atoms with van der Waals surface area (Å²) in [4.78, 5) is 6.73. The second-order valence-corrected chi connectivity index (χ2v) is 5.99. The highest BCUT2D eigenvalue weighted by Gasteiger charge is 2.21. The maximum atomic E-state index is 5.91. The molecular formula is C17H31IN4O2. The Labute approximate surface area is 162 Å². The minimum absolute atomic E-state index is 0. The van der Waals surface area contributed by atoms with Gasteiger partial charge in [-0.15, -0.1) is 24.0 Å². The maximum absolute atomic E-state index is 5.91. The number of rotatable bonds is 7. The van der Waals surface area contributed by atoms with Gasteiger partial charge in [-0.25, -0.2) is 0 Å². The second kappa shape index (κ2) is 11.7. The summed E-state index contributed by atoms with van der Waals surface area (Å²) in [5, 5.41) is 3.45. The highest BCUT2D eigenvalue weighted by molar-refractivity contribution is 14.0. The molecular weight excluding hydrogens is 419 g/mol. The van der Waals surface area contributed by atoms with Gasteiger partial charge in [0.1, 0.15) is 0 Å². The van der Waals surface area contributed by atoms with E-state index in [1.807, 2.05) is 14.1 Å². The summed E-state index contributed by atoms with van der Waals surface area (Å²) < 4.78 is 13.0. The van der Waals surface area contributed by atoms with E-state index in [4.69, 9.17) is 9.47 Å². The third-order valence-corrected chi connectivity index (χ3v) is 4.14. The Hall–Kier alpha value is -0.800. The second-order valence-electron chi connectivity index (χ2n) is 5.99. The Bertz CT molecular complexity index is 485. The van der Waals surface area contributed by atoms with E-state index in [1.165, 1.54) is 5.56 Å². The number of hydrogen-bond donors (Lipinski definition) is 1. The summed E-state index contributed by atoms with van der Waals surface area (Å²) in [6.07, 6.45) is 7.64. The minimum Gasteiger partial charge on any atom is -0.385 e. The molecule has 7 heteroatoms. The van der Waals surface area contributed by atoms with E-state index in [1.54, 1.807) is 7.11 Å². The van der Waals surface area contributed by atoms with Crippen LogP contribution in [-0.4, -0.2) is 62.0 Å². The lowest BCUT2D eigenvalue weighted by Gasteiger charge is -2.34. The number of nitrogens with one attached hydrogen (secondary N) is 1. The van der Waals surface area contributed by atoms with E-state index in [0.29, 0.717) is 6.10 Å². The fourth-order valence-electron chi connectivity index (χ4n) is 2.87. The summed E-state index contributed by atoms with van der Waals surface area (Å²) in [5.74, 6) is 0.978. The van der Waals surface area contributed by atoms with Gasteiger partial charge < -0.3 is 24.3 Å². The zero-order valence-electron chi connectivity index (χ0n) is 15.0. The minimum atomic E-state index is 0. The Kier molecular flexibility index (Phi) is 10.4. The van der Waals surface area contributed by atoms with Gasteiger partial charge in [0, 0.05) is 66.4 Å². The molecule has 1 fully saturated rings. The number of aromatic nitrogens is 1. The van der Waals surface area contributed by atoms with Crippen LogP contribution in [0.25, 0.3) is 0 Å². The van der Waals surface area contributed by atoms with Crippen molar-refractivity contribution in [3.05, 3.63) is 24.0 Å². The van der Waals surface area contributed by atoms with Crippen LogP contribution in [0.4, 0.5) is 0 Å². The molecule has 0 aliphatic carbocycles. The molecule has 2 rings (SSSR count). The molecule has 2 heterocycles. The van der Waals surface area contributed by atoms with Gasteiger partial charge in [-0.1, -0.05) is 0 Å². The zero-order chi connectivity index (χ0) is 16.5. The van der Waals surface area contributed by atoms with Crippen LogP contribution < -0.4 is 5.32 Å². The molecule has 0 spiro atoms. The van der Waals surface area contributed by atoms with Gasteiger partial charge in [0.25, 0.3) is 0 Å². The van der Waals surface area contributed by atoms with Crippen LogP contribution in [0.5, 0.6) is 0 Å². The molecule has 1 saturated heterocycles. The van der Waals surface area contributed by atoms with Crippen LogP contribution in [0.2, 0.25) is 0 Å². The lowest BCUT2D eigenvalue weighted by atomic mass is 10.1. The number of ether oxygens (including phenoxy) is 2. The van der Waals surface area contributed by atoms with E-state index >= 15 is 0 Å². The molecule has 1 aromatic rings. The van der Waals surface area contributed by atoms with Gasteiger partial charge in [-0.3, -0.25) is 4.99 Å². The number of aryl methyl sites for hydroxylation is 1. The Morgan fingerprint density at radius 3 is 2.67 bits per heavy atom. The standard InChI is InChI=1S/C17H30N4O2.HI/c1-18-17(19-13-15-5-8-20(2)14-15)21-9-6-16(7-10-21)23-12-4-11-22-3;/h5,8,14,16H,4,6-7,9-13H2,1-3H3,(H,18,19);1H. The van der Waals surface area contributed by atoms with Crippen molar-refractivity contribution in [3.63, 3.8) is 0 Å². The van der Waals surface area contributed by atoms with Crippen molar-refractivity contribution in [2.45, 2.75) is 31.9 Å². The van der Waals surface area contributed by atoms with Gasteiger partial charge in [0.15, 0.2) is 5.96 Å². The van der Waals surface area contributed by atoms with Gasteiger partial charge in [0.2, 0.25) is 0 Å². The Morgan fingerprint density at radius 2 is 2.08 bits per heavy atom. The molecule has 1 aromatic heterocycles. The fraction of sp³-hybridized carbons (Fsp3) is 0.706. The number of guanidine groups is 1. The van der Waals surface area contributed by atoms with Crippen molar-refractivity contribution in [1.82, 2.24) is 14.8 Å². The fourth-order valence-corrected chi connectivity index (χ4v) is 2.87. The number of methoxy groups -OCH3 is 1. The van der Waals surface area contributed by atoms with E-state index in [0.717, 1.165) is 58.1 Å². The number of likely N-dealkylation sites (tertiary alicyclic amines) is 1. The van der Waals surface area contributed by atoms with Crippen LogP contribution in [0.3, 0.4) is 0 Å². The first kappa shape index (κ1) is 21.2. The average Bonchev–Trinajstić information content (AvgIpc) is 2.99. The van der Waals surface area contributed by atoms with Crippen molar-refractivity contribution in [1.29, 1.82) is 0 Å². The smallest absolute Gasteiger partial charge is 0.193 e. The molecule has 0 radical (unpaired) electrons. The molecule has 1 aliphatic heterocycles. The first-order chi connectivity index (χ1) is 11.2. The van der Waals surface area contributed by atoms with Crippen LogP contribution in [0, 0.1) is 0 Å². The van der Waals surface area contributed by atoms with E-state index in [2.05, 4.69) is 38.2 Å². The first-order valence-corrected chi connectivity index (χ1v) is 8.40. The molecule has 0 unspecified atom stereocenters. The third kappa shape index (κ3) is 6.98. The monoisotopic (exact) mass is 450 g/mol. The summed E-state index contributed by atoms with van der Waals surface area (Å²) in [6, 6.07) is 2.13.